The Labute approximate surface area is 158 Å². The summed E-state index contributed by atoms with van der Waals surface area (Å²) in [6.07, 6.45) is 3.20. The van der Waals surface area contributed by atoms with Crippen molar-refractivity contribution in [1.82, 2.24) is 9.88 Å². The lowest BCUT2D eigenvalue weighted by Crippen LogP contribution is -2.35. The molecule has 27 heavy (non-hydrogen) atoms. The molecule has 1 amide bonds. The molecule has 2 aromatic carbocycles. The summed E-state index contributed by atoms with van der Waals surface area (Å²) in [4.78, 5) is 19.8. The molecule has 0 saturated carbocycles. The second-order valence-corrected chi connectivity index (χ2v) is 7.37. The molecule has 0 radical (unpaired) electrons. The number of benzene rings is 2. The van der Waals surface area contributed by atoms with E-state index < -0.39 is 0 Å². The van der Waals surface area contributed by atoms with Crippen LogP contribution >= 0.6 is 0 Å². The number of fused-ring (bicyclic) bond motifs is 1. The molecule has 1 aromatic heterocycles. The molecule has 1 saturated heterocycles. The van der Waals surface area contributed by atoms with Gasteiger partial charge in [0.05, 0.1) is 16.8 Å². The van der Waals surface area contributed by atoms with E-state index >= 15 is 0 Å². The predicted molar refractivity (Wildman–Crippen MR) is 106 cm³/mol. The van der Waals surface area contributed by atoms with Gasteiger partial charge in [-0.1, -0.05) is 12.1 Å². The molecule has 4 rings (SSSR count). The van der Waals surface area contributed by atoms with Crippen LogP contribution in [0.1, 0.15) is 40.7 Å². The van der Waals surface area contributed by atoms with E-state index in [4.69, 9.17) is 4.98 Å². The van der Waals surface area contributed by atoms with Crippen LogP contribution in [0.15, 0.2) is 42.5 Å². The van der Waals surface area contributed by atoms with Crippen LogP contribution in [-0.4, -0.2) is 28.9 Å². The Morgan fingerprint density at radius 2 is 1.74 bits per heavy atom. The number of carbonyl (C=O) groups is 1. The van der Waals surface area contributed by atoms with Crippen LogP contribution in [0.4, 0.5) is 4.39 Å². The molecule has 3 aromatic rings. The molecular formula is C23H23FN2O. The lowest BCUT2D eigenvalue weighted by molar-refractivity contribution is 0.0726. The number of halogens is 1. The number of nitrogens with zero attached hydrogens (tertiary/aromatic N) is 2. The third kappa shape index (κ3) is 3.44. The first-order valence-corrected chi connectivity index (χ1v) is 9.50. The predicted octanol–water partition coefficient (Wildman–Crippen LogP) is 5.28. The molecule has 1 aliphatic rings. The largest absolute Gasteiger partial charge is 0.339 e. The van der Waals surface area contributed by atoms with E-state index in [1.54, 1.807) is 6.07 Å². The van der Waals surface area contributed by atoms with Gasteiger partial charge in [0.1, 0.15) is 5.82 Å². The molecule has 0 unspecified atom stereocenters. The van der Waals surface area contributed by atoms with Crippen molar-refractivity contribution in [2.45, 2.75) is 33.1 Å². The number of amides is 1. The van der Waals surface area contributed by atoms with Crippen molar-refractivity contribution in [3.05, 3.63) is 65.0 Å². The van der Waals surface area contributed by atoms with Gasteiger partial charge in [0.15, 0.2) is 0 Å². The zero-order valence-corrected chi connectivity index (χ0v) is 15.8. The van der Waals surface area contributed by atoms with Crippen molar-refractivity contribution in [2.75, 3.05) is 13.1 Å². The van der Waals surface area contributed by atoms with E-state index in [9.17, 15) is 9.18 Å². The SMILES string of the molecule is Cc1ccc(-c2cc(C(=O)N3CCCCC3)c3cc(F)ccc3n2)cc1C. The van der Waals surface area contributed by atoms with Gasteiger partial charge in [-0.15, -0.1) is 0 Å². The van der Waals surface area contributed by atoms with Crippen LogP contribution in [0, 0.1) is 19.7 Å². The van der Waals surface area contributed by atoms with Gasteiger partial charge in [-0.3, -0.25) is 4.79 Å². The van der Waals surface area contributed by atoms with Gasteiger partial charge in [0, 0.05) is 24.0 Å². The Balaban J connectivity index is 1.88. The average molecular weight is 362 g/mol. The van der Waals surface area contributed by atoms with Crippen molar-refractivity contribution in [2.24, 2.45) is 0 Å². The molecular weight excluding hydrogens is 339 g/mol. The van der Waals surface area contributed by atoms with Crippen molar-refractivity contribution < 1.29 is 9.18 Å². The first-order valence-electron chi connectivity index (χ1n) is 9.50. The summed E-state index contributed by atoms with van der Waals surface area (Å²) in [5.41, 5.74) is 5.29. The summed E-state index contributed by atoms with van der Waals surface area (Å²) < 4.78 is 13.9. The molecule has 138 valence electrons. The van der Waals surface area contributed by atoms with Crippen LogP contribution in [-0.2, 0) is 0 Å². The highest BCUT2D eigenvalue weighted by atomic mass is 19.1. The zero-order chi connectivity index (χ0) is 19.0. The van der Waals surface area contributed by atoms with Gasteiger partial charge in [0.25, 0.3) is 5.91 Å². The van der Waals surface area contributed by atoms with Crippen LogP contribution < -0.4 is 0 Å². The van der Waals surface area contributed by atoms with Crippen molar-refractivity contribution in [3.63, 3.8) is 0 Å². The maximum absolute atomic E-state index is 13.9. The summed E-state index contributed by atoms with van der Waals surface area (Å²) in [5, 5.41) is 0.582. The topological polar surface area (TPSA) is 33.2 Å². The fourth-order valence-electron chi connectivity index (χ4n) is 3.69. The zero-order valence-electron chi connectivity index (χ0n) is 15.8. The monoisotopic (exact) mass is 362 g/mol. The normalized spacial score (nSPS) is 14.6. The van der Waals surface area contributed by atoms with Gasteiger partial charge in [-0.2, -0.15) is 0 Å². The molecule has 1 fully saturated rings. The summed E-state index contributed by atoms with van der Waals surface area (Å²) in [5.74, 6) is -0.381. The van der Waals surface area contributed by atoms with Gasteiger partial charge in [-0.05, 0) is 74.6 Å². The number of rotatable bonds is 2. The van der Waals surface area contributed by atoms with E-state index in [0.717, 1.165) is 43.6 Å². The quantitative estimate of drug-likeness (QED) is 0.621. The smallest absolute Gasteiger partial charge is 0.254 e. The van der Waals surface area contributed by atoms with Gasteiger partial charge < -0.3 is 4.90 Å². The summed E-state index contributed by atoms with van der Waals surface area (Å²) in [6, 6.07) is 12.5. The number of aromatic nitrogens is 1. The first kappa shape index (κ1) is 17.7. The minimum atomic E-state index is -0.351. The van der Waals surface area contributed by atoms with E-state index in [-0.39, 0.29) is 11.7 Å². The van der Waals surface area contributed by atoms with Crippen molar-refractivity contribution >= 4 is 16.8 Å². The molecule has 0 spiro atoms. The van der Waals surface area contributed by atoms with E-state index in [0.29, 0.717) is 16.5 Å². The Hall–Kier alpha value is -2.75. The molecule has 0 aliphatic carbocycles. The highest BCUT2D eigenvalue weighted by Crippen LogP contribution is 2.28. The molecule has 0 atom stereocenters. The molecule has 2 heterocycles. The molecule has 4 heteroatoms. The van der Waals surface area contributed by atoms with Crippen LogP contribution in [0.2, 0.25) is 0 Å². The standard InChI is InChI=1S/C23H23FN2O/c1-15-6-7-17(12-16(15)2)22-14-20(23(27)26-10-4-3-5-11-26)19-13-18(24)8-9-21(19)25-22/h6-9,12-14H,3-5,10-11H2,1-2H3. The third-order valence-electron chi connectivity index (χ3n) is 5.45. The summed E-state index contributed by atoms with van der Waals surface area (Å²) in [6.45, 7) is 5.66. The average Bonchev–Trinajstić information content (AvgIpc) is 2.69. The second-order valence-electron chi connectivity index (χ2n) is 7.37. The van der Waals surface area contributed by atoms with Crippen molar-refractivity contribution in [3.8, 4) is 11.3 Å². The van der Waals surface area contributed by atoms with Crippen LogP contribution in [0.5, 0.6) is 0 Å². The van der Waals surface area contributed by atoms with Gasteiger partial charge in [0.2, 0.25) is 0 Å². The Bertz CT molecular complexity index is 1020. The maximum Gasteiger partial charge on any atom is 0.254 e. The van der Waals surface area contributed by atoms with Crippen molar-refractivity contribution in [1.29, 1.82) is 0 Å². The third-order valence-corrected chi connectivity index (χ3v) is 5.45. The van der Waals surface area contributed by atoms with Crippen LogP contribution in [0.3, 0.4) is 0 Å². The van der Waals surface area contributed by atoms with Crippen LogP contribution in [0.25, 0.3) is 22.2 Å². The Morgan fingerprint density at radius 1 is 0.963 bits per heavy atom. The molecule has 3 nitrogen and oxygen atoms in total. The van der Waals surface area contributed by atoms with Gasteiger partial charge >= 0.3 is 0 Å². The minimum absolute atomic E-state index is 0.0298. The number of aryl methyl sites for hydroxylation is 2. The van der Waals surface area contributed by atoms with Gasteiger partial charge in [-0.25, -0.2) is 9.37 Å². The number of pyridine rings is 1. The summed E-state index contributed by atoms with van der Waals surface area (Å²) >= 11 is 0. The fourth-order valence-corrected chi connectivity index (χ4v) is 3.69. The number of piperidine rings is 1. The lowest BCUT2D eigenvalue weighted by Gasteiger charge is -2.27. The molecule has 1 aliphatic heterocycles. The number of hydrogen-bond acceptors (Lipinski definition) is 2. The second kappa shape index (κ2) is 7.10. The lowest BCUT2D eigenvalue weighted by atomic mass is 9.99. The molecule has 0 N–H and O–H groups in total. The Morgan fingerprint density at radius 3 is 2.48 bits per heavy atom. The number of carbonyl (C=O) groups excluding carboxylic acids is 1. The van der Waals surface area contributed by atoms with E-state index in [2.05, 4.69) is 26.0 Å². The minimum Gasteiger partial charge on any atom is -0.339 e. The first-order chi connectivity index (χ1) is 13.0. The highest BCUT2D eigenvalue weighted by molar-refractivity contribution is 6.07. The Kier molecular flexibility index (Phi) is 4.65. The summed E-state index contributed by atoms with van der Waals surface area (Å²) in [7, 11) is 0. The molecule has 0 bridgehead atoms. The number of hydrogen-bond donors (Lipinski definition) is 0. The highest BCUT2D eigenvalue weighted by Gasteiger charge is 2.22. The van der Waals surface area contributed by atoms with E-state index in [1.165, 1.54) is 23.3 Å². The maximum atomic E-state index is 13.9. The van der Waals surface area contributed by atoms with E-state index in [1.807, 2.05) is 17.0 Å². The fraction of sp³-hybridized carbons (Fsp3) is 0.304. The number of likely N-dealkylation sites (tertiary alicyclic amines) is 1.